The summed E-state index contributed by atoms with van der Waals surface area (Å²) in [6.07, 6.45) is -4.86. The smallest absolute Gasteiger partial charge is 0.256 e. The van der Waals surface area contributed by atoms with Crippen LogP contribution in [0.15, 0.2) is 12.2 Å². The predicted octanol–water partition coefficient (Wildman–Crippen LogP) is 0.712. The van der Waals surface area contributed by atoms with Crippen molar-refractivity contribution in [3.63, 3.8) is 0 Å². The van der Waals surface area contributed by atoms with Gasteiger partial charge in [-0.2, -0.15) is 0 Å². The lowest BCUT2D eigenvalue weighted by Crippen LogP contribution is -2.69. The molecule has 0 aromatic rings. The van der Waals surface area contributed by atoms with E-state index in [1.165, 1.54) is 14.2 Å². The predicted molar refractivity (Wildman–Crippen MR) is 128 cm³/mol. The van der Waals surface area contributed by atoms with Gasteiger partial charge in [-0.05, 0) is 6.92 Å². The second kappa shape index (κ2) is 11.7. The van der Waals surface area contributed by atoms with Crippen LogP contribution in [-0.4, -0.2) is 106 Å². The van der Waals surface area contributed by atoms with Crippen molar-refractivity contribution in [3.8, 4) is 0 Å². The molecule has 0 aromatic carbocycles. The minimum absolute atomic E-state index is 0.0554. The minimum Gasteiger partial charge on any atom is -0.394 e. The number of carbonyl (C=O) groups excluding carboxylic acids is 1. The molecule has 3 aliphatic heterocycles. The molecule has 0 aromatic heterocycles. The van der Waals surface area contributed by atoms with Crippen LogP contribution in [0.1, 0.15) is 40.5 Å². The zero-order valence-corrected chi connectivity index (χ0v) is 22.4. The van der Waals surface area contributed by atoms with Crippen molar-refractivity contribution >= 4 is 5.91 Å². The van der Waals surface area contributed by atoms with E-state index in [0.717, 1.165) is 5.57 Å². The van der Waals surface area contributed by atoms with Crippen LogP contribution in [0.4, 0.5) is 0 Å². The average Bonchev–Trinajstić information content (AvgIpc) is 2.85. The fourth-order valence-electron chi connectivity index (χ4n) is 5.42. The summed E-state index contributed by atoms with van der Waals surface area (Å²) in [5.74, 6) is -2.25. The number of amides is 1. The Labute approximate surface area is 213 Å². The van der Waals surface area contributed by atoms with Crippen molar-refractivity contribution in [2.75, 3.05) is 34.7 Å². The molecule has 0 aliphatic carbocycles. The normalized spacial score (nSPS) is 40.2. The number of methoxy groups -OCH3 is 3. The largest absolute Gasteiger partial charge is 0.394 e. The van der Waals surface area contributed by atoms with Gasteiger partial charge in [0.25, 0.3) is 5.91 Å². The topological polar surface area (TPSA) is 134 Å². The third-order valence-electron chi connectivity index (χ3n) is 8.08. The molecule has 11 heteroatoms. The Morgan fingerprint density at radius 1 is 1.22 bits per heavy atom. The number of nitrogens with one attached hydrogen (secondary N) is 1. The highest BCUT2D eigenvalue weighted by atomic mass is 16.7. The molecular weight excluding hydrogens is 474 g/mol. The van der Waals surface area contributed by atoms with Gasteiger partial charge >= 0.3 is 0 Å². The third kappa shape index (κ3) is 5.50. The molecule has 0 spiro atoms. The van der Waals surface area contributed by atoms with Crippen LogP contribution < -0.4 is 5.32 Å². The van der Waals surface area contributed by atoms with Crippen LogP contribution in [0.25, 0.3) is 0 Å². The van der Waals surface area contributed by atoms with Crippen LogP contribution >= 0.6 is 0 Å². The van der Waals surface area contributed by atoms with E-state index in [4.69, 9.17) is 33.2 Å². The number of aliphatic hydroxyl groups excluding tert-OH is 2. The first-order valence-electron chi connectivity index (χ1n) is 12.4. The molecule has 0 radical (unpaired) electrons. The van der Waals surface area contributed by atoms with Crippen LogP contribution in [0.5, 0.6) is 0 Å². The summed E-state index contributed by atoms with van der Waals surface area (Å²) in [7, 11) is 4.51. The first-order chi connectivity index (χ1) is 16.9. The summed E-state index contributed by atoms with van der Waals surface area (Å²) in [6.45, 7) is 11.6. The van der Waals surface area contributed by atoms with E-state index in [-0.39, 0.29) is 31.8 Å². The van der Waals surface area contributed by atoms with Crippen LogP contribution in [0.2, 0.25) is 0 Å². The van der Waals surface area contributed by atoms with Gasteiger partial charge in [-0.15, -0.1) is 0 Å². The fourth-order valence-corrected chi connectivity index (χ4v) is 5.42. The van der Waals surface area contributed by atoms with E-state index < -0.39 is 60.0 Å². The van der Waals surface area contributed by atoms with E-state index in [9.17, 15) is 15.0 Å². The Bertz CT molecular complexity index is 774. The summed E-state index contributed by atoms with van der Waals surface area (Å²) in [4.78, 5) is 13.3. The molecule has 36 heavy (non-hydrogen) atoms. The lowest BCUT2D eigenvalue weighted by atomic mass is 9.72. The van der Waals surface area contributed by atoms with Gasteiger partial charge in [-0.25, -0.2) is 0 Å². The maximum atomic E-state index is 13.3. The molecular formula is C25H43NO10. The van der Waals surface area contributed by atoms with E-state index in [1.807, 2.05) is 27.7 Å². The molecule has 3 N–H and O–H groups in total. The third-order valence-corrected chi connectivity index (χ3v) is 8.08. The molecule has 11 nitrogen and oxygen atoms in total. The molecule has 208 valence electrons. The Hall–Kier alpha value is -1.15. The van der Waals surface area contributed by atoms with Crippen molar-refractivity contribution in [2.45, 2.75) is 95.3 Å². The summed E-state index contributed by atoms with van der Waals surface area (Å²) in [5, 5.41) is 23.5. The lowest BCUT2D eigenvalue weighted by molar-refractivity contribution is -0.333. The standard InChI is InChI=1S/C25H43NO10/c1-13-10-25(32-8,36-15(3)14(13)2)20(28)22(29)26-23-19-18(33-12-34-23)21(31-7)24(4,5)17(35-19)9-16(11-27)30-6/h14-21,23,27-28H,1,9-12H2,2-8H3,(H,26,29)/t14-,15-,16+,17-,18+,19+,20-,21+,23+,25-/m1/s1. The number of ether oxygens (including phenoxy) is 7. The molecule has 3 heterocycles. The minimum atomic E-state index is -1.65. The molecule has 3 saturated heterocycles. The van der Waals surface area contributed by atoms with Gasteiger partial charge < -0.3 is 48.7 Å². The zero-order valence-electron chi connectivity index (χ0n) is 22.4. The molecule has 3 rings (SSSR count). The van der Waals surface area contributed by atoms with Crippen molar-refractivity contribution < 1.29 is 48.2 Å². The number of aliphatic hydroxyl groups is 2. The van der Waals surface area contributed by atoms with Gasteiger partial charge in [0, 0.05) is 45.5 Å². The number of carbonyl (C=O) groups is 1. The van der Waals surface area contributed by atoms with Crippen molar-refractivity contribution in [2.24, 2.45) is 11.3 Å². The Morgan fingerprint density at radius 2 is 1.92 bits per heavy atom. The second-order valence-corrected chi connectivity index (χ2v) is 10.6. The molecule has 3 aliphatic rings. The van der Waals surface area contributed by atoms with Gasteiger partial charge in [0.15, 0.2) is 12.3 Å². The summed E-state index contributed by atoms with van der Waals surface area (Å²) < 4.78 is 40.7. The first kappa shape index (κ1) is 29.4. The van der Waals surface area contributed by atoms with E-state index >= 15 is 0 Å². The Kier molecular flexibility index (Phi) is 9.57. The zero-order chi connectivity index (χ0) is 26.8. The maximum absolute atomic E-state index is 13.3. The molecule has 1 amide bonds. The number of rotatable bonds is 9. The second-order valence-electron chi connectivity index (χ2n) is 10.6. The van der Waals surface area contributed by atoms with E-state index in [1.54, 1.807) is 7.11 Å². The highest BCUT2D eigenvalue weighted by Crippen LogP contribution is 2.44. The Balaban J connectivity index is 1.80. The maximum Gasteiger partial charge on any atom is 0.256 e. The first-order valence-corrected chi connectivity index (χ1v) is 12.4. The molecule has 0 unspecified atom stereocenters. The van der Waals surface area contributed by atoms with Gasteiger partial charge in [0.2, 0.25) is 5.79 Å². The number of fused-ring (bicyclic) bond motifs is 1. The van der Waals surface area contributed by atoms with Crippen molar-refractivity contribution in [3.05, 3.63) is 12.2 Å². The highest BCUT2D eigenvalue weighted by molar-refractivity contribution is 5.82. The van der Waals surface area contributed by atoms with Crippen molar-refractivity contribution in [1.29, 1.82) is 0 Å². The van der Waals surface area contributed by atoms with Crippen LogP contribution in [0.3, 0.4) is 0 Å². The monoisotopic (exact) mass is 517 g/mol. The van der Waals surface area contributed by atoms with E-state index in [0.29, 0.717) is 6.42 Å². The summed E-state index contributed by atoms with van der Waals surface area (Å²) >= 11 is 0. The van der Waals surface area contributed by atoms with Gasteiger partial charge in [0.1, 0.15) is 19.0 Å². The number of hydrogen-bond acceptors (Lipinski definition) is 10. The van der Waals surface area contributed by atoms with Crippen molar-refractivity contribution in [1.82, 2.24) is 5.32 Å². The number of hydrogen-bond donors (Lipinski definition) is 3. The quantitative estimate of drug-likeness (QED) is 0.376. The Morgan fingerprint density at radius 3 is 2.47 bits per heavy atom. The average molecular weight is 518 g/mol. The SMILES string of the molecule is C=C1C[C@](OC)([C@H](O)C(=O)N[C@H]2OCO[C@H]3[C@@H]2O[C@H](C[C@@H](CO)OC)C(C)(C)[C@H]3OC)O[C@H](C)[C@@H]1C. The van der Waals surface area contributed by atoms with Crippen LogP contribution in [0, 0.1) is 11.3 Å². The summed E-state index contributed by atoms with van der Waals surface area (Å²) in [6, 6.07) is 0. The summed E-state index contributed by atoms with van der Waals surface area (Å²) in [5.41, 5.74) is 0.321. The molecule has 10 atom stereocenters. The molecule has 3 fully saturated rings. The van der Waals surface area contributed by atoms with Gasteiger partial charge in [-0.1, -0.05) is 32.9 Å². The molecule has 0 saturated carbocycles. The molecule has 0 bridgehead atoms. The van der Waals surface area contributed by atoms with E-state index in [2.05, 4.69) is 11.9 Å². The fraction of sp³-hybridized carbons (Fsp3) is 0.880. The lowest BCUT2D eigenvalue weighted by Gasteiger charge is -2.54. The van der Waals surface area contributed by atoms with Crippen LogP contribution in [-0.2, 0) is 38.0 Å². The van der Waals surface area contributed by atoms with Gasteiger partial charge in [-0.3, -0.25) is 4.79 Å². The van der Waals surface area contributed by atoms with Gasteiger partial charge in [0.05, 0.1) is 31.0 Å². The highest BCUT2D eigenvalue weighted by Gasteiger charge is 2.57.